The average Bonchev–Trinajstić information content (AvgIpc) is 3.13. The minimum Gasteiger partial charge on any atom is -0.367 e. The number of hydrogen-bond acceptors (Lipinski definition) is 5. The van der Waals surface area contributed by atoms with E-state index in [1.807, 2.05) is 55.7 Å². The molecule has 0 bridgehead atoms. The molecule has 0 radical (unpaired) electrons. The molecule has 0 unspecified atom stereocenters. The molecule has 2 amide bonds. The number of hydrogen-bond donors (Lipinski definition) is 3. The molecule has 0 saturated carbocycles. The lowest BCUT2D eigenvalue weighted by Gasteiger charge is -2.28. The normalized spacial score (nSPS) is 9.88. The van der Waals surface area contributed by atoms with Gasteiger partial charge in [0.25, 0.3) is 0 Å². The molecule has 0 saturated heterocycles. The van der Waals surface area contributed by atoms with Crippen LogP contribution in [-0.2, 0) is 13.0 Å². The van der Waals surface area contributed by atoms with Crippen molar-refractivity contribution in [1.82, 2.24) is 5.43 Å². The SMILES string of the molecule is CC.CCc1cc(F)cc(N(N)C(=O)NN)c1N(C)Cc1cccs1. The maximum Gasteiger partial charge on any atom is 0.350 e. The summed E-state index contributed by atoms with van der Waals surface area (Å²) in [4.78, 5) is 14.8. The van der Waals surface area contributed by atoms with Crippen molar-refractivity contribution < 1.29 is 9.18 Å². The molecule has 1 aromatic heterocycles. The average molecular weight is 367 g/mol. The Bertz CT molecular complexity index is 678. The van der Waals surface area contributed by atoms with Gasteiger partial charge in [-0.25, -0.2) is 25.9 Å². The lowest BCUT2D eigenvalue weighted by Crippen LogP contribution is -2.48. The second-order valence-corrected chi connectivity index (χ2v) is 6.07. The number of rotatable bonds is 5. The molecule has 1 heterocycles. The van der Waals surface area contributed by atoms with Gasteiger partial charge in [-0.2, -0.15) is 0 Å². The van der Waals surface area contributed by atoms with E-state index in [0.717, 1.165) is 15.4 Å². The predicted molar refractivity (Wildman–Crippen MR) is 103 cm³/mol. The Kier molecular flexibility index (Phi) is 8.33. The van der Waals surface area contributed by atoms with Crippen molar-refractivity contribution >= 4 is 28.7 Å². The van der Waals surface area contributed by atoms with Gasteiger partial charge in [-0.3, -0.25) is 5.43 Å². The van der Waals surface area contributed by atoms with Gasteiger partial charge >= 0.3 is 6.03 Å². The van der Waals surface area contributed by atoms with Crippen LogP contribution in [0.3, 0.4) is 0 Å². The maximum atomic E-state index is 13.9. The zero-order valence-electron chi connectivity index (χ0n) is 15.0. The molecular weight excluding hydrogens is 341 g/mol. The molecule has 138 valence electrons. The van der Waals surface area contributed by atoms with Gasteiger partial charge in [0, 0.05) is 18.0 Å². The molecular formula is C17H26FN5OS. The highest BCUT2D eigenvalue weighted by Gasteiger charge is 2.21. The summed E-state index contributed by atoms with van der Waals surface area (Å²) in [5.74, 6) is 10.5. The van der Waals surface area contributed by atoms with Crippen LogP contribution in [0.25, 0.3) is 0 Å². The number of thiophene rings is 1. The molecule has 0 aliphatic carbocycles. The number of nitrogens with one attached hydrogen (secondary N) is 1. The van der Waals surface area contributed by atoms with Crippen molar-refractivity contribution in [2.45, 2.75) is 33.7 Å². The number of anilines is 2. The summed E-state index contributed by atoms with van der Waals surface area (Å²) in [6, 6.07) is 5.95. The van der Waals surface area contributed by atoms with E-state index in [2.05, 4.69) is 0 Å². The molecule has 0 atom stereocenters. The van der Waals surface area contributed by atoms with Crippen LogP contribution in [0, 0.1) is 5.82 Å². The van der Waals surface area contributed by atoms with Crippen LogP contribution >= 0.6 is 11.3 Å². The van der Waals surface area contributed by atoms with Crippen LogP contribution < -0.4 is 27.0 Å². The van der Waals surface area contributed by atoms with Crippen molar-refractivity contribution in [1.29, 1.82) is 0 Å². The summed E-state index contributed by atoms with van der Waals surface area (Å²) in [5.41, 5.74) is 3.69. The molecule has 25 heavy (non-hydrogen) atoms. The van der Waals surface area contributed by atoms with Crippen molar-refractivity contribution in [3.8, 4) is 0 Å². The van der Waals surface area contributed by atoms with Crippen LogP contribution in [-0.4, -0.2) is 13.1 Å². The van der Waals surface area contributed by atoms with Gasteiger partial charge in [0.15, 0.2) is 0 Å². The van der Waals surface area contributed by atoms with E-state index in [-0.39, 0.29) is 5.69 Å². The maximum absolute atomic E-state index is 13.9. The Hall–Kier alpha value is -2.16. The van der Waals surface area contributed by atoms with E-state index >= 15 is 0 Å². The third-order valence-corrected chi connectivity index (χ3v) is 4.33. The van der Waals surface area contributed by atoms with Crippen LogP contribution in [0.4, 0.5) is 20.6 Å². The van der Waals surface area contributed by atoms with E-state index in [0.29, 0.717) is 18.7 Å². The van der Waals surface area contributed by atoms with E-state index < -0.39 is 11.8 Å². The van der Waals surface area contributed by atoms with Crippen molar-refractivity contribution in [2.75, 3.05) is 17.0 Å². The number of carbonyl (C=O) groups excluding carboxylic acids is 1. The van der Waals surface area contributed by atoms with Gasteiger partial charge in [0.1, 0.15) is 5.82 Å². The molecule has 0 aliphatic rings. The number of hydrazine groups is 2. The first-order valence-electron chi connectivity index (χ1n) is 8.09. The fraction of sp³-hybridized carbons (Fsp3) is 0.353. The molecule has 0 fully saturated rings. The Labute approximate surface area is 152 Å². The van der Waals surface area contributed by atoms with Crippen LogP contribution in [0.1, 0.15) is 31.2 Å². The summed E-state index contributed by atoms with van der Waals surface area (Å²) < 4.78 is 13.9. The molecule has 2 rings (SSSR count). The largest absolute Gasteiger partial charge is 0.367 e. The fourth-order valence-electron chi connectivity index (χ4n) is 2.43. The number of aryl methyl sites for hydroxylation is 1. The third-order valence-electron chi connectivity index (χ3n) is 3.47. The van der Waals surface area contributed by atoms with E-state index in [9.17, 15) is 9.18 Å². The first-order valence-corrected chi connectivity index (χ1v) is 8.97. The minimum atomic E-state index is -0.719. The summed E-state index contributed by atoms with van der Waals surface area (Å²) in [6.07, 6.45) is 0.604. The van der Waals surface area contributed by atoms with Crippen molar-refractivity contribution in [3.05, 3.63) is 45.9 Å². The first-order chi connectivity index (χ1) is 12.0. The van der Waals surface area contributed by atoms with Gasteiger partial charge in [0.2, 0.25) is 0 Å². The van der Waals surface area contributed by atoms with Gasteiger partial charge in [-0.1, -0.05) is 26.8 Å². The number of nitrogens with two attached hydrogens (primary N) is 2. The third kappa shape index (κ3) is 5.15. The summed E-state index contributed by atoms with van der Waals surface area (Å²) in [6.45, 7) is 6.55. The first kappa shape index (κ1) is 20.9. The van der Waals surface area contributed by atoms with E-state index in [1.165, 1.54) is 12.1 Å². The standard InChI is InChI=1S/C15H20FN5OS.C2H6/c1-3-10-7-11(16)8-13(21(18)15(22)19-17)14(10)20(2)9-12-5-4-6-23-12;1-2/h4-8H,3,9,17-18H2,1-2H3,(H,19,22);1-2H3. The Balaban J connectivity index is 0.00000151. The number of nitrogens with zero attached hydrogens (tertiary/aromatic N) is 2. The highest BCUT2D eigenvalue weighted by Crippen LogP contribution is 2.34. The lowest BCUT2D eigenvalue weighted by molar-refractivity contribution is 0.246. The van der Waals surface area contributed by atoms with E-state index in [1.54, 1.807) is 11.3 Å². The molecule has 8 heteroatoms. The summed E-state index contributed by atoms with van der Waals surface area (Å²) in [5, 5.41) is 2.81. The molecule has 2 aromatic rings. The van der Waals surface area contributed by atoms with Crippen LogP contribution in [0.2, 0.25) is 0 Å². The lowest BCUT2D eigenvalue weighted by atomic mass is 10.1. The van der Waals surface area contributed by atoms with Gasteiger partial charge in [0.05, 0.1) is 17.9 Å². The van der Waals surface area contributed by atoms with Crippen LogP contribution in [0.15, 0.2) is 29.6 Å². The summed E-state index contributed by atoms with van der Waals surface area (Å²) >= 11 is 1.63. The monoisotopic (exact) mass is 367 g/mol. The molecule has 0 spiro atoms. The van der Waals surface area contributed by atoms with Gasteiger partial charge in [-0.05, 0) is 29.5 Å². The number of halogens is 1. The van der Waals surface area contributed by atoms with Crippen molar-refractivity contribution in [3.63, 3.8) is 0 Å². The smallest absolute Gasteiger partial charge is 0.350 e. The number of carbonyl (C=O) groups is 1. The highest BCUT2D eigenvalue weighted by molar-refractivity contribution is 7.09. The van der Waals surface area contributed by atoms with E-state index in [4.69, 9.17) is 11.7 Å². The minimum absolute atomic E-state index is 0.267. The second-order valence-electron chi connectivity index (χ2n) is 5.04. The molecule has 5 N–H and O–H groups in total. The second kappa shape index (κ2) is 9.97. The fourth-order valence-corrected chi connectivity index (χ4v) is 3.19. The van der Waals surface area contributed by atoms with Crippen molar-refractivity contribution in [2.24, 2.45) is 11.7 Å². The molecule has 6 nitrogen and oxygen atoms in total. The zero-order valence-corrected chi connectivity index (χ0v) is 15.9. The Morgan fingerprint density at radius 2 is 2.04 bits per heavy atom. The zero-order chi connectivity index (χ0) is 19.0. The van der Waals surface area contributed by atoms with Gasteiger partial charge in [-0.15, -0.1) is 11.3 Å². The topological polar surface area (TPSA) is 87.6 Å². The van der Waals surface area contributed by atoms with Gasteiger partial charge < -0.3 is 4.90 Å². The molecule has 0 aliphatic heterocycles. The highest BCUT2D eigenvalue weighted by atomic mass is 32.1. The number of amides is 2. The number of urea groups is 1. The predicted octanol–water partition coefficient (Wildman–Crippen LogP) is 3.38. The Morgan fingerprint density at radius 1 is 1.36 bits per heavy atom. The van der Waals surface area contributed by atoms with Crippen LogP contribution in [0.5, 0.6) is 0 Å². The quantitative estimate of drug-likeness (QED) is 0.429. The summed E-state index contributed by atoms with van der Waals surface area (Å²) in [7, 11) is 1.88. The Morgan fingerprint density at radius 3 is 2.56 bits per heavy atom. The molecule has 1 aromatic carbocycles. The number of benzene rings is 1.